The molecule has 12 heteroatoms. The van der Waals surface area contributed by atoms with Gasteiger partial charge in [-0.2, -0.15) is 0 Å². The summed E-state index contributed by atoms with van der Waals surface area (Å²) in [4.78, 5) is 60.1. The Morgan fingerprint density at radius 3 is 2.27 bits per heavy atom. The van der Waals surface area contributed by atoms with Crippen molar-refractivity contribution in [3.8, 4) is 0 Å². The number of nitrogens with one attached hydrogen (secondary N) is 3. The second-order valence-electron chi connectivity index (χ2n) is 7.82. The Bertz CT molecular complexity index is 852. The summed E-state index contributed by atoms with van der Waals surface area (Å²) in [7, 11) is 3.06. The fraction of sp³-hybridized carbons (Fsp3) is 0.560. The normalized spacial score (nSPS) is 11.8. The van der Waals surface area contributed by atoms with Gasteiger partial charge in [-0.15, -0.1) is 11.8 Å². The molecule has 0 aliphatic rings. The minimum absolute atomic E-state index is 0.0724. The molecular weight excluding hydrogens is 498 g/mol. The third-order valence-corrected chi connectivity index (χ3v) is 6.40. The maximum absolute atomic E-state index is 12.3. The van der Waals surface area contributed by atoms with Crippen LogP contribution in [0.25, 0.3) is 0 Å². The fourth-order valence-corrected chi connectivity index (χ4v) is 3.95. The quantitative estimate of drug-likeness (QED) is 0.141. The van der Waals surface area contributed by atoms with Crippen LogP contribution in [0.5, 0.6) is 0 Å². The van der Waals surface area contributed by atoms with E-state index >= 15 is 0 Å². The Balaban J connectivity index is 0.00000631. The van der Waals surface area contributed by atoms with Gasteiger partial charge >= 0.3 is 5.97 Å². The van der Waals surface area contributed by atoms with Crippen molar-refractivity contribution in [3.05, 3.63) is 35.4 Å². The van der Waals surface area contributed by atoms with Crippen molar-refractivity contribution < 1.29 is 29.1 Å². The number of nitrogens with zero attached hydrogens (tertiary/aromatic N) is 1. The third kappa shape index (κ3) is 14.4. The van der Waals surface area contributed by atoms with Crippen LogP contribution in [-0.2, 0) is 25.7 Å². The molecule has 11 nitrogen and oxygen atoms in total. The van der Waals surface area contributed by atoms with Gasteiger partial charge < -0.3 is 36.5 Å². The first-order valence-corrected chi connectivity index (χ1v) is 13.3. The molecule has 0 aliphatic heterocycles. The highest BCUT2D eigenvalue weighted by molar-refractivity contribution is 8.00. The Morgan fingerprint density at radius 1 is 1.11 bits per heavy atom. The highest BCUT2D eigenvalue weighted by Crippen LogP contribution is 2.15. The van der Waals surface area contributed by atoms with Gasteiger partial charge in [0.1, 0.15) is 12.3 Å². The van der Waals surface area contributed by atoms with Gasteiger partial charge in [-0.05, 0) is 31.2 Å². The van der Waals surface area contributed by atoms with Gasteiger partial charge in [0.15, 0.2) is 0 Å². The summed E-state index contributed by atoms with van der Waals surface area (Å²) in [6.45, 7) is 5.38. The number of hydrogen-bond acceptors (Lipinski definition) is 8. The molecule has 0 fully saturated rings. The lowest BCUT2D eigenvalue weighted by Crippen LogP contribution is -2.37. The van der Waals surface area contributed by atoms with E-state index in [1.165, 1.54) is 11.9 Å². The fourth-order valence-electron chi connectivity index (χ4n) is 2.87. The number of nitrogens with two attached hydrogens (primary N) is 1. The van der Waals surface area contributed by atoms with Crippen molar-refractivity contribution in [3.63, 3.8) is 0 Å². The molecule has 2 unspecified atom stereocenters. The molecule has 1 rings (SSSR count). The largest absolute Gasteiger partial charge is 0.480 e. The van der Waals surface area contributed by atoms with Crippen molar-refractivity contribution in [2.45, 2.75) is 50.9 Å². The minimum atomic E-state index is -1.03. The van der Waals surface area contributed by atoms with E-state index < -0.39 is 17.3 Å². The third-order valence-electron chi connectivity index (χ3n) is 5.16. The lowest BCUT2D eigenvalue weighted by Gasteiger charge is -2.19. The van der Waals surface area contributed by atoms with E-state index in [0.29, 0.717) is 37.9 Å². The zero-order valence-electron chi connectivity index (χ0n) is 22.1. The number of rotatable bonds is 17. The second kappa shape index (κ2) is 20.1. The summed E-state index contributed by atoms with van der Waals surface area (Å²) in [6.07, 6.45) is 1.21. The number of carbonyl (C=O) groups excluding carboxylic acids is 4. The molecule has 1 aromatic rings. The Morgan fingerprint density at radius 2 is 1.73 bits per heavy atom. The molecule has 0 aromatic heterocycles. The SMILES string of the molecule is CC.CNC(CSC(C=O)CC(=O)N(C)CCC(=O)NCCCNC(=O)c1ccc(CN)cc1)C(=O)O. The summed E-state index contributed by atoms with van der Waals surface area (Å²) in [5.74, 6) is -1.61. The molecule has 6 N–H and O–H groups in total. The smallest absolute Gasteiger partial charge is 0.321 e. The van der Waals surface area contributed by atoms with Crippen molar-refractivity contribution in [2.24, 2.45) is 5.73 Å². The van der Waals surface area contributed by atoms with Gasteiger partial charge in [0.25, 0.3) is 5.91 Å². The van der Waals surface area contributed by atoms with Crippen molar-refractivity contribution in [2.75, 3.05) is 39.5 Å². The lowest BCUT2D eigenvalue weighted by atomic mass is 10.1. The standard InChI is InChI=1S/C23H35N5O6S.C2H6/c1-25-19(23(33)34)15-35-18(14-29)12-21(31)28(2)11-8-20(30)26-9-3-10-27-22(32)17-6-4-16(13-24)5-7-17;1-2/h4-7,14,18-19,25H,3,8-13,15,24H2,1-2H3,(H,26,30)(H,27,32)(H,33,34);1-2H3. The first-order chi connectivity index (χ1) is 17.7. The summed E-state index contributed by atoms with van der Waals surface area (Å²) >= 11 is 1.10. The first-order valence-electron chi connectivity index (χ1n) is 12.3. The van der Waals surface area contributed by atoms with Gasteiger partial charge in [-0.1, -0.05) is 26.0 Å². The maximum atomic E-state index is 12.3. The molecule has 2 atom stereocenters. The Labute approximate surface area is 223 Å². The van der Waals surface area contributed by atoms with Gasteiger partial charge in [-0.3, -0.25) is 19.2 Å². The zero-order valence-corrected chi connectivity index (χ0v) is 22.9. The molecule has 0 aliphatic carbocycles. The van der Waals surface area contributed by atoms with Crippen LogP contribution in [-0.4, -0.2) is 90.8 Å². The molecular formula is C25H41N5O6S. The number of carbonyl (C=O) groups is 5. The van der Waals surface area contributed by atoms with Gasteiger partial charge in [-0.25, -0.2) is 0 Å². The van der Waals surface area contributed by atoms with Crippen molar-refractivity contribution >= 4 is 41.7 Å². The van der Waals surface area contributed by atoms with Crippen LogP contribution in [0.15, 0.2) is 24.3 Å². The van der Waals surface area contributed by atoms with Crippen molar-refractivity contribution in [1.29, 1.82) is 0 Å². The molecule has 0 spiro atoms. The van der Waals surface area contributed by atoms with E-state index in [0.717, 1.165) is 17.3 Å². The van der Waals surface area contributed by atoms with Crippen LogP contribution in [0, 0.1) is 0 Å². The van der Waals surface area contributed by atoms with Crippen LogP contribution in [0.3, 0.4) is 0 Å². The highest BCUT2D eigenvalue weighted by atomic mass is 32.2. The highest BCUT2D eigenvalue weighted by Gasteiger charge is 2.21. The van der Waals surface area contributed by atoms with Crippen LogP contribution < -0.4 is 21.7 Å². The van der Waals surface area contributed by atoms with E-state index in [2.05, 4.69) is 16.0 Å². The van der Waals surface area contributed by atoms with Crippen LogP contribution in [0.4, 0.5) is 0 Å². The number of thioether (sulfide) groups is 1. The predicted octanol–water partition coefficient (Wildman–Crippen LogP) is 0.620. The summed E-state index contributed by atoms with van der Waals surface area (Å²) in [5, 5.41) is 16.5. The number of amides is 3. The number of benzene rings is 1. The number of aldehydes is 1. The topological polar surface area (TPSA) is 171 Å². The van der Waals surface area contributed by atoms with Crippen LogP contribution in [0.2, 0.25) is 0 Å². The van der Waals surface area contributed by atoms with Gasteiger partial charge in [0.2, 0.25) is 11.8 Å². The number of aliphatic carboxylic acids is 1. The molecule has 0 saturated heterocycles. The van der Waals surface area contributed by atoms with Crippen LogP contribution >= 0.6 is 11.8 Å². The molecule has 208 valence electrons. The molecule has 1 aromatic carbocycles. The van der Waals surface area contributed by atoms with Crippen LogP contribution in [0.1, 0.15) is 49.0 Å². The molecule has 0 saturated carbocycles. The lowest BCUT2D eigenvalue weighted by molar-refractivity contribution is -0.138. The summed E-state index contributed by atoms with van der Waals surface area (Å²) in [6, 6.07) is 6.21. The average Bonchev–Trinajstić information content (AvgIpc) is 2.91. The molecule has 3 amide bonds. The maximum Gasteiger partial charge on any atom is 0.321 e. The summed E-state index contributed by atoms with van der Waals surface area (Å²) in [5.41, 5.74) is 7.02. The van der Waals surface area contributed by atoms with E-state index in [1.54, 1.807) is 31.3 Å². The van der Waals surface area contributed by atoms with Gasteiger partial charge in [0.05, 0.1) is 5.25 Å². The van der Waals surface area contributed by atoms with E-state index in [4.69, 9.17) is 10.8 Å². The molecule has 37 heavy (non-hydrogen) atoms. The number of likely N-dealkylation sites (N-methyl/N-ethyl adjacent to an activating group) is 1. The van der Waals surface area contributed by atoms with E-state index in [-0.39, 0.29) is 42.9 Å². The Kier molecular flexibility index (Phi) is 18.5. The van der Waals surface area contributed by atoms with E-state index in [1.807, 2.05) is 13.8 Å². The first kappa shape index (κ1) is 34.0. The van der Waals surface area contributed by atoms with Gasteiger partial charge in [0, 0.05) is 57.4 Å². The number of carboxylic acids is 1. The monoisotopic (exact) mass is 539 g/mol. The summed E-state index contributed by atoms with van der Waals surface area (Å²) < 4.78 is 0. The predicted molar refractivity (Wildman–Crippen MR) is 145 cm³/mol. The molecule has 0 bridgehead atoms. The zero-order chi connectivity index (χ0) is 28.2. The minimum Gasteiger partial charge on any atom is -0.480 e. The number of hydrogen-bond donors (Lipinski definition) is 5. The number of carboxylic acid groups (broad SMARTS) is 1. The van der Waals surface area contributed by atoms with Crippen molar-refractivity contribution in [1.82, 2.24) is 20.9 Å². The average molecular weight is 540 g/mol. The van der Waals surface area contributed by atoms with E-state index in [9.17, 15) is 24.0 Å². The molecule has 0 heterocycles. The second-order valence-corrected chi connectivity index (χ2v) is 9.09. The molecule has 0 radical (unpaired) electrons. The Hall–Kier alpha value is -2.96.